The molecule has 2 aromatic rings. The molecule has 1 N–H and O–H groups in total. The fourth-order valence-electron chi connectivity index (χ4n) is 1.84. The second-order valence-electron chi connectivity index (χ2n) is 4.74. The van der Waals surface area contributed by atoms with E-state index in [0.29, 0.717) is 10.8 Å². The summed E-state index contributed by atoms with van der Waals surface area (Å²) in [5.74, 6) is -1.51. The van der Waals surface area contributed by atoms with Gasteiger partial charge in [0.2, 0.25) is 0 Å². The molecule has 0 spiro atoms. The van der Waals surface area contributed by atoms with E-state index in [1.54, 1.807) is 6.07 Å². The summed E-state index contributed by atoms with van der Waals surface area (Å²) in [7, 11) is 0. The highest BCUT2D eigenvalue weighted by molar-refractivity contribution is 7.99. The Morgan fingerprint density at radius 1 is 1.15 bits per heavy atom. The molecule has 2 nitrogen and oxygen atoms in total. The number of benzene rings is 2. The lowest BCUT2D eigenvalue weighted by molar-refractivity contribution is 0.0688. The Kier molecular flexibility index (Phi) is 4.45. The summed E-state index contributed by atoms with van der Waals surface area (Å²) < 4.78 is 13.6. The van der Waals surface area contributed by atoms with Crippen LogP contribution in [0.15, 0.2) is 52.3 Å². The first-order chi connectivity index (χ1) is 9.49. The predicted molar refractivity (Wildman–Crippen MR) is 78.0 cm³/mol. The molecule has 0 atom stereocenters. The molecule has 0 fully saturated rings. The van der Waals surface area contributed by atoms with Gasteiger partial charge in [0, 0.05) is 9.79 Å². The van der Waals surface area contributed by atoms with Crippen molar-refractivity contribution in [3.63, 3.8) is 0 Å². The molecule has 0 radical (unpaired) electrons. The molecule has 0 amide bonds. The Hall–Kier alpha value is -1.81. The van der Waals surface area contributed by atoms with Crippen LogP contribution in [0.5, 0.6) is 0 Å². The van der Waals surface area contributed by atoms with Crippen LogP contribution in [0.3, 0.4) is 0 Å². The molecule has 0 aliphatic rings. The number of hydrogen-bond acceptors (Lipinski definition) is 2. The van der Waals surface area contributed by atoms with E-state index < -0.39 is 11.8 Å². The van der Waals surface area contributed by atoms with Crippen LogP contribution in [0, 0.1) is 5.82 Å². The zero-order valence-corrected chi connectivity index (χ0v) is 12.1. The lowest BCUT2D eigenvalue weighted by atomic mass is 10.0. The largest absolute Gasteiger partial charge is 0.478 e. The first-order valence-corrected chi connectivity index (χ1v) is 7.10. The average Bonchev–Trinajstić information content (AvgIpc) is 2.39. The fraction of sp³-hybridized carbons (Fsp3) is 0.188. The van der Waals surface area contributed by atoms with E-state index in [0.717, 1.165) is 11.0 Å². The molecule has 0 saturated heterocycles. The van der Waals surface area contributed by atoms with Crippen LogP contribution in [0.4, 0.5) is 4.39 Å². The molecule has 0 aliphatic carbocycles. The van der Waals surface area contributed by atoms with Crippen molar-refractivity contribution in [2.75, 3.05) is 0 Å². The minimum atomic E-state index is -1.25. The average molecular weight is 290 g/mol. The van der Waals surface area contributed by atoms with Crippen LogP contribution in [0.2, 0.25) is 0 Å². The van der Waals surface area contributed by atoms with Gasteiger partial charge in [-0.05, 0) is 35.7 Å². The van der Waals surface area contributed by atoms with Crippen LogP contribution in [0.25, 0.3) is 0 Å². The number of rotatable bonds is 4. The first-order valence-electron chi connectivity index (χ1n) is 6.28. The molecule has 2 rings (SSSR count). The normalized spacial score (nSPS) is 10.8. The van der Waals surface area contributed by atoms with Gasteiger partial charge in [0.05, 0.1) is 0 Å². The van der Waals surface area contributed by atoms with Crippen LogP contribution in [-0.2, 0) is 0 Å². The lowest BCUT2D eigenvalue weighted by Crippen LogP contribution is -2.02. The van der Waals surface area contributed by atoms with Gasteiger partial charge in [-0.3, -0.25) is 0 Å². The highest BCUT2D eigenvalue weighted by atomic mass is 32.2. The van der Waals surface area contributed by atoms with Gasteiger partial charge in [-0.15, -0.1) is 0 Å². The first kappa shape index (κ1) is 14.6. The molecule has 104 valence electrons. The van der Waals surface area contributed by atoms with E-state index in [-0.39, 0.29) is 5.56 Å². The number of carboxylic acids is 1. The molecular weight excluding hydrogens is 275 g/mol. The van der Waals surface area contributed by atoms with Crippen molar-refractivity contribution >= 4 is 17.7 Å². The summed E-state index contributed by atoms with van der Waals surface area (Å²) in [6.07, 6.45) is 0. The Balaban J connectivity index is 2.30. The van der Waals surface area contributed by atoms with Crippen LogP contribution >= 0.6 is 11.8 Å². The molecular formula is C16H15FO2S. The van der Waals surface area contributed by atoms with E-state index in [1.807, 2.05) is 24.3 Å². The van der Waals surface area contributed by atoms with E-state index in [4.69, 9.17) is 5.11 Å². The van der Waals surface area contributed by atoms with Crippen molar-refractivity contribution in [1.29, 1.82) is 0 Å². The third kappa shape index (κ3) is 3.20. The van der Waals surface area contributed by atoms with Crippen molar-refractivity contribution in [3.8, 4) is 0 Å². The van der Waals surface area contributed by atoms with Crippen LogP contribution in [-0.4, -0.2) is 11.1 Å². The quantitative estimate of drug-likeness (QED) is 0.879. The molecule has 0 saturated carbocycles. The predicted octanol–water partition coefficient (Wildman–Crippen LogP) is 4.80. The monoisotopic (exact) mass is 290 g/mol. The smallest absolute Gasteiger partial charge is 0.339 e. The minimum absolute atomic E-state index is 0.273. The van der Waals surface area contributed by atoms with E-state index in [9.17, 15) is 9.18 Å². The molecule has 20 heavy (non-hydrogen) atoms. The third-order valence-electron chi connectivity index (χ3n) is 2.96. The molecule has 0 bridgehead atoms. The number of carboxylic acid groups (broad SMARTS) is 1. The topological polar surface area (TPSA) is 37.3 Å². The maximum absolute atomic E-state index is 13.6. The molecule has 0 unspecified atom stereocenters. The Morgan fingerprint density at radius 3 is 2.35 bits per heavy atom. The van der Waals surface area contributed by atoms with Gasteiger partial charge in [-0.25, -0.2) is 9.18 Å². The number of halogens is 1. The van der Waals surface area contributed by atoms with Gasteiger partial charge in [-0.2, -0.15) is 0 Å². The summed E-state index contributed by atoms with van der Waals surface area (Å²) in [6.45, 7) is 4.22. The Bertz CT molecular complexity index is 621. The summed E-state index contributed by atoms with van der Waals surface area (Å²) in [6, 6.07) is 12.2. The van der Waals surface area contributed by atoms with Crippen LogP contribution in [0.1, 0.15) is 35.7 Å². The van der Waals surface area contributed by atoms with Crippen molar-refractivity contribution in [1.82, 2.24) is 0 Å². The van der Waals surface area contributed by atoms with Crippen molar-refractivity contribution in [3.05, 3.63) is 59.4 Å². The molecule has 2 aromatic carbocycles. The summed E-state index contributed by atoms with van der Waals surface area (Å²) in [4.78, 5) is 12.4. The molecule has 0 aliphatic heterocycles. The number of hydrogen-bond donors (Lipinski definition) is 1. The fourth-order valence-corrected chi connectivity index (χ4v) is 2.80. The minimum Gasteiger partial charge on any atom is -0.478 e. The van der Waals surface area contributed by atoms with Gasteiger partial charge in [0.15, 0.2) is 0 Å². The Labute approximate surface area is 121 Å². The zero-order valence-electron chi connectivity index (χ0n) is 11.3. The maximum Gasteiger partial charge on any atom is 0.339 e. The second kappa shape index (κ2) is 6.09. The zero-order chi connectivity index (χ0) is 14.7. The van der Waals surface area contributed by atoms with Gasteiger partial charge in [0.1, 0.15) is 11.4 Å². The van der Waals surface area contributed by atoms with E-state index in [1.165, 1.54) is 23.4 Å². The van der Waals surface area contributed by atoms with Crippen molar-refractivity contribution < 1.29 is 14.3 Å². The van der Waals surface area contributed by atoms with Crippen molar-refractivity contribution in [2.45, 2.75) is 29.6 Å². The summed E-state index contributed by atoms with van der Waals surface area (Å²) >= 11 is 1.26. The van der Waals surface area contributed by atoms with E-state index >= 15 is 0 Å². The third-order valence-corrected chi connectivity index (χ3v) is 4.03. The molecule has 0 heterocycles. The van der Waals surface area contributed by atoms with Gasteiger partial charge >= 0.3 is 5.97 Å². The molecule has 4 heteroatoms. The van der Waals surface area contributed by atoms with Crippen molar-refractivity contribution in [2.24, 2.45) is 0 Å². The molecule has 0 aromatic heterocycles. The lowest BCUT2D eigenvalue weighted by Gasteiger charge is -2.09. The van der Waals surface area contributed by atoms with Gasteiger partial charge in [0.25, 0.3) is 0 Å². The summed E-state index contributed by atoms with van der Waals surface area (Å²) in [5.41, 5.74) is 0.942. The maximum atomic E-state index is 13.6. The van der Waals surface area contributed by atoms with Gasteiger partial charge in [-0.1, -0.05) is 43.8 Å². The number of carbonyl (C=O) groups is 1. The highest BCUT2D eigenvalue weighted by Crippen LogP contribution is 2.32. The second-order valence-corrected chi connectivity index (χ2v) is 5.86. The SMILES string of the molecule is CC(C)c1ccc(Sc2cccc(F)c2C(=O)O)cc1. The van der Waals surface area contributed by atoms with Gasteiger partial charge < -0.3 is 5.11 Å². The van der Waals surface area contributed by atoms with Crippen LogP contribution < -0.4 is 0 Å². The highest BCUT2D eigenvalue weighted by Gasteiger charge is 2.16. The van der Waals surface area contributed by atoms with E-state index in [2.05, 4.69) is 13.8 Å². The summed E-state index contributed by atoms with van der Waals surface area (Å²) in [5, 5.41) is 9.09. The number of aromatic carboxylic acids is 1. The Morgan fingerprint density at radius 2 is 1.80 bits per heavy atom. The standard InChI is InChI=1S/C16H15FO2S/c1-10(2)11-6-8-12(9-7-11)20-14-5-3-4-13(17)15(14)16(18)19/h3-10H,1-2H3,(H,18,19).